The monoisotopic (exact) mass is 291 g/mol. The maximum absolute atomic E-state index is 6.13. The lowest BCUT2D eigenvalue weighted by Crippen LogP contribution is -2.28. The van der Waals surface area contributed by atoms with Crippen LogP contribution >= 0.6 is 0 Å². The summed E-state index contributed by atoms with van der Waals surface area (Å²) in [5, 5.41) is 3.27. The predicted molar refractivity (Wildman–Crippen MR) is 86.9 cm³/mol. The molecule has 118 valence electrons. The van der Waals surface area contributed by atoms with Crippen molar-refractivity contribution in [3.8, 4) is 5.88 Å². The van der Waals surface area contributed by atoms with E-state index in [4.69, 9.17) is 4.74 Å². The first-order valence-corrected chi connectivity index (χ1v) is 8.31. The molecule has 0 amide bonds. The Morgan fingerprint density at radius 1 is 1.24 bits per heavy atom. The maximum atomic E-state index is 6.13. The van der Waals surface area contributed by atoms with Gasteiger partial charge >= 0.3 is 0 Å². The van der Waals surface area contributed by atoms with Crippen LogP contribution in [0.5, 0.6) is 5.88 Å². The molecule has 1 N–H and O–H groups in total. The van der Waals surface area contributed by atoms with Gasteiger partial charge in [-0.25, -0.2) is 4.98 Å². The summed E-state index contributed by atoms with van der Waals surface area (Å²) in [6, 6.07) is 1.93. The second-order valence-corrected chi connectivity index (χ2v) is 6.77. The Morgan fingerprint density at radius 2 is 1.95 bits per heavy atom. The molecule has 0 spiro atoms. The average molecular weight is 291 g/mol. The van der Waals surface area contributed by atoms with Crippen LogP contribution in [0, 0.1) is 5.41 Å². The van der Waals surface area contributed by atoms with Gasteiger partial charge in [0.25, 0.3) is 0 Å². The van der Waals surface area contributed by atoms with Crippen LogP contribution in [0.15, 0.2) is 6.07 Å². The van der Waals surface area contributed by atoms with Crippen LogP contribution in [-0.2, 0) is 6.42 Å². The third-order valence-corrected chi connectivity index (χ3v) is 4.15. The van der Waals surface area contributed by atoms with Crippen molar-refractivity contribution in [3.05, 3.63) is 11.9 Å². The minimum Gasteiger partial charge on any atom is -0.474 e. The second-order valence-electron chi connectivity index (χ2n) is 6.77. The lowest BCUT2D eigenvalue weighted by molar-refractivity contribution is 0.0946. The van der Waals surface area contributed by atoms with Crippen LogP contribution in [0.25, 0.3) is 0 Å². The highest BCUT2D eigenvalue weighted by Crippen LogP contribution is 2.36. The Labute approximate surface area is 128 Å². The van der Waals surface area contributed by atoms with E-state index >= 15 is 0 Å². The first-order valence-electron chi connectivity index (χ1n) is 8.31. The molecular weight excluding hydrogens is 262 g/mol. The Bertz CT molecular complexity index is 425. The number of hydrogen-bond donors (Lipinski definition) is 1. The summed E-state index contributed by atoms with van der Waals surface area (Å²) in [7, 11) is 0. The van der Waals surface area contributed by atoms with Gasteiger partial charge in [-0.1, -0.05) is 20.8 Å². The molecule has 1 heterocycles. The zero-order chi connectivity index (χ0) is 15.3. The zero-order valence-electron chi connectivity index (χ0n) is 13.9. The molecule has 1 aromatic heterocycles. The van der Waals surface area contributed by atoms with Crippen LogP contribution in [0.4, 0.5) is 5.82 Å². The summed E-state index contributed by atoms with van der Waals surface area (Å²) < 4.78 is 6.13. The van der Waals surface area contributed by atoms with Crippen molar-refractivity contribution in [1.82, 2.24) is 9.97 Å². The Hall–Kier alpha value is -1.32. The van der Waals surface area contributed by atoms with Gasteiger partial charge in [0.15, 0.2) is 0 Å². The molecule has 4 nitrogen and oxygen atoms in total. The number of nitrogens with zero attached hydrogens (tertiary/aromatic N) is 2. The number of ether oxygens (including phenoxy) is 1. The molecule has 21 heavy (non-hydrogen) atoms. The Balaban J connectivity index is 2.04. The number of aryl methyl sites for hydroxylation is 1. The third kappa shape index (κ3) is 4.87. The summed E-state index contributed by atoms with van der Waals surface area (Å²) in [6.45, 7) is 9.77. The molecule has 2 rings (SSSR count). The van der Waals surface area contributed by atoms with E-state index in [9.17, 15) is 0 Å². The van der Waals surface area contributed by atoms with E-state index in [-0.39, 0.29) is 0 Å². The number of aromatic nitrogens is 2. The highest BCUT2D eigenvalue weighted by molar-refractivity contribution is 5.38. The van der Waals surface area contributed by atoms with Crippen molar-refractivity contribution in [1.29, 1.82) is 0 Å². The molecule has 1 aromatic rings. The lowest BCUT2D eigenvalue weighted by atomic mass is 9.76. The summed E-state index contributed by atoms with van der Waals surface area (Å²) in [6.07, 6.45) is 6.94. The second kappa shape index (κ2) is 7.10. The molecule has 1 aliphatic carbocycles. The van der Waals surface area contributed by atoms with Crippen molar-refractivity contribution < 1.29 is 4.74 Å². The molecule has 1 aliphatic rings. The topological polar surface area (TPSA) is 47.0 Å². The van der Waals surface area contributed by atoms with Crippen molar-refractivity contribution >= 4 is 5.82 Å². The van der Waals surface area contributed by atoms with Crippen molar-refractivity contribution in [2.75, 3.05) is 11.9 Å². The standard InChI is InChI=1S/C17H29N3O/c1-5-7-14-19-15(18-6-2)12-16(20-14)21-13-8-10-17(3,4)11-9-13/h12-13H,5-11H2,1-4H3,(H,18,19,20). The molecule has 1 saturated carbocycles. The molecule has 4 heteroatoms. The molecule has 1 fully saturated rings. The molecule has 0 bridgehead atoms. The van der Waals surface area contributed by atoms with Crippen LogP contribution in [0.1, 0.15) is 65.6 Å². The van der Waals surface area contributed by atoms with Gasteiger partial charge in [-0.3, -0.25) is 0 Å². The maximum Gasteiger partial charge on any atom is 0.218 e. The first kappa shape index (κ1) is 16.1. The van der Waals surface area contributed by atoms with Crippen LogP contribution < -0.4 is 10.1 Å². The Morgan fingerprint density at radius 3 is 2.57 bits per heavy atom. The third-order valence-electron chi connectivity index (χ3n) is 4.15. The lowest BCUT2D eigenvalue weighted by Gasteiger charge is -2.34. The minimum absolute atomic E-state index is 0.303. The van der Waals surface area contributed by atoms with Gasteiger partial charge in [0.1, 0.15) is 17.7 Å². The fraction of sp³-hybridized carbons (Fsp3) is 0.765. The normalized spacial score (nSPS) is 18.5. The minimum atomic E-state index is 0.303. The fourth-order valence-corrected chi connectivity index (χ4v) is 2.80. The largest absolute Gasteiger partial charge is 0.474 e. The van der Waals surface area contributed by atoms with Crippen molar-refractivity contribution in [2.45, 2.75) is 72.3 Å². The number of rotatable bonds is 6. The molecule has 0 atom stereocenters. The highest BCUT2D eigenvalue weighted by Gasteiger charge is 2.28. The quantitative estimate of drug-likeness (QED) is 0.853. The van der Waals surface area contributed by atoms with Gasteiger partial charge < -0.3 is 10.1 Å². The number of hydrogen-bond acceptors (Lipinski definition) is 4. The zero-order valence-corrected chi connectivity index (χ0v) is 13.9. The van der Waals surface area contributed by atoms with Gasteiger partial charge in [0.2, 0.25) is 5.88 Å². The Kier molecular flexibility index (Phi) is 5.43. The smallest absolute Gasteiger partial charge is 0.218 e. The van der Waals surface area contributed by atoms with E-state index in [0.29, 0.717) is 11.5 Å². The van der Waals surface area contributed by atoms with Gasteiger partial charge in [-0.05, 0) is 44.4 Å². The van der Waals surface area contributed by atoms with Gasteiger partial charge in [-0.2, -0.15) is 4.98 Å². The van der Waals surface area contributed by atoms with Crippen molar-refractivity contribution in [2.24, 2.45) is 5.41 Å². The number of nitrogens with one attached hydrogen (secondary N) is 1. The highest BCUT2D eigenvalue weighted by atomic mass is 16.5. The van der Waals surface area contributed by atoms with E-state index in [2.05, 4.69) is 43.0 Å². The number of anilines is 1. The summed E-state index contributed by atoms with van der Waals surface area (Å²) in [5.41, 5.74) is 0.466. The molecule has 0 aliphatic heterocycles. The van der Waals surface area contributed by atoms with E-state index < -0.39 is 0 Å². The van der Waals surface area contributed by atoms with Crippen LogP contribution in [-0.4, -0.2) is 22.6 Å². The van der Waals surface area contributed by atoms with Crippen LogP contribution in [0.2, 0.25) is 0 Å². The molecular formula is C17H29N3O. The first-order chi connectivity index (χ1) is 10.0. The van der Waals surface area contributed by atoms with Crippen molar-refractivity contribution in [3.63, 3.8) is 0 Å². The van der Waals surface area contributed by atoms with Gasteiger partial charge in [0.05, 0.1) is 0 Å². The van der Waals surface area contributed by atoms with E-state index in [1.54, 1.807) is 0 Å². The fourth-order valence-electron chi connectivity index (χ4n) is 2.80. The van der Waals surface area contributed by atoms with Gasteiger partial charge in [0, 0.05) is 19.0 Å². The van der Waals surface area contributed by atoms with Crippen LogP contribution in [0.3, 0.4) is 0 Å². The molecule has 0 unspecified atom stereocenters. The SMILES string of the molecule is CCCc1nc(NCC)cc(OC2CCC(C)(C)CC2)n1. The van der Waals surface area contributed by atoms with Gasteiger partial charge in [-0.15, -0.1) is 0 Å². The molecule has 0 aromatic carbocycles. The average Bonchev–Trinajstić information content (AvgIpc) is 2.42. The molecule has 0 radical (unpaired) electrons. The summed E-state index contributed by atoms with van der Waals surface area (Å²) in [4.78, 5) is 9.09. The van der Waals surface area contributed by atoms with E-state index in [1.807, 2.05) is 6.07 Å². The van der Waals surface area contributed by atoms with E-state index in [1.165, 1.54) is 12.8 Å². The predicted octanol–water partition coefficient (Wildman–Crippen LogP) is 4.21. The molecule has 0 saturated heterocycles. The summed E-state index contributed by atoms with van der Waals surface area (Å²) >= 11 is 0. The van der Waals surface area contributed by atoms with E-state index in [0.717, 1.165) is 49.8 Å². The summed E-state index contributed by atoms with van der Waals surface area (Å²) in [5.74, 6) is 2.48.